The molecule has 2 aliphatic rings. The molecule has 8 heteroatoms. The van der Waals surface area contributed by atoms with Crippen LogP contribution in [0.3, 0.4) is 0 Å². The Morgan fingerprint density at radius 3 is 2.64 bits per heavy atom. The number of nitrogens with one attached hydrogen (secondary N) is 1. The Morgan fingerprint density at radius 1 is 1.03 bits per heavy atom. The van der Waals surface area contributed by atoms with Crippen LogP contribution in [-0.4, -0.2) is 22.6 Å². The molecule has 2 aromatic carbocycles. The van der Waals surface area contributed by atoms with Gasteiger partial charge in [0.25, 0.3) is 0 Å². The first kappa shape index (κ1) is 22.8. The van der Waals surface area contributed by atoms with Gasteiger partial charge in [-0.25, -0.2) is 13.6 Å². The summed E-state index contributed by atoms with van der Waals surface area (Å²) < 4.78 is 36.2. The minimum absolute atomic E-state index is 0.335. The number of anilines is 1. The van der Waals surface area contributed by atoms with Crippen molar-refractivity contribution in [2.24, 2.45) is 0 Å². The molecule has 36 heavy (non-hydrogen) atoms. The van der Waals surface area contributed by atoms with E-state index in [1.54, 1.807) is 47.6 Å². The molecule has 0 fully saturated rings. The largest absolute Gasteiger partial charge is 0.497 e. The molecule has 2 aromatic heterocycles. The maximum atomic E-state index is 14.4. The second-order valence-electron chi connectivity index (χ2n) is 9.19. The first-order chi connectivity index (χ1) is 17.5. The zero-order chi connectivity index (χ0) is 24.8. The summed E-state index contributed by atoms with van der Waals surface area (Å²) in [6, 6.07) is 13.4. The maximum absolute atomic E-state index is 14.4. The van der Waals surface area contributed by atoms with E-state index >= 15 is 0 Å². The third-order valence-electron chi connectivity index (χ3n) is 6.96. The number of carbonyl (C=O) groups is 1. The van der Waals surface area contributed by atoms with Gasteiger partial charge in [-0.3, -0.25) is 0 Å². The molecule has 5 nitrogen and oxygen atoms in total. The topological polar surface area (TPSA) is 46.5 Å². The number of urea groups is 1. The molecule has 0 saturated heterocycles. The van der Waals surface area contributed by atoms with Crippen LogP contribution < -0.4 is 10.1 Å². The summed E-state index contributed by atoms with van der Waals surface area (Å²) in [4.78, 5) is 16.9. The number of aromatic nitrogens is 1. The number of nitrogens with zero attached hydrogens (tertiary/aromatic N) is 2. The van der Waals surface area contributed by atoms with Crippen molar-refractivity contribution in [2.45, 2.75) is 38.3 Å². The minimum Gasteiger partial charge on any atom is -0.497 e. The number of fused-ring (bicyclic) bond motifs is 5. The fraction of sp³-hybridized carbons (Fsp3) is 0.250. The summed E-state index contributed by atoms with van der Waals surface area (Å²) >= 11 is 1.76. The number of methoxy groups -OCH3 is 1. The van der Waals surface area contributed by atoms with E-state index < -0.39 is 17.7 Å². The molecule has 1 unspecified atom stereocenters. The van der Waals surface area contributed by atoms with E-state index in [0.29, 0.717) is 23.5 Å². The van der Waals surface area contributed by atoms with E-state index in [1.807, 2.05) is 18.3 Å². The van der Waals surface area contributed by atoms with Crippen molar-refractivity contribution in [3.8, 4) is 10.8 Å². The molecular weight excluding hydrogens is 480 g/mol. The number of hydrogen-bond donors (Lipinski definition) is 1. The third-order valence-corrected chi connectivity index (χ3v) is 8.29. The van der Waals surface area contributed by atoms with Gasteiger partial charge >= 0.3 is 6.03 Å². The molecule has 184 valence electrons. The molecule has 0 saturated carbocycles. The predicted molar refractivity (Wildman–Crippen MR) is 136 cm³/mol. The lowest BCUT2D eigenvalue weighted by molar-refractivity contribution is 0.194. The molecule has 1 aliphatic heterocycles. The van der Waals surface area contributed by atoms with Gasteiger partial charge in [-0.2, -0.15) is 0 Å². The minimum atomic E-state index is -0.686. The number of ether oxygens (including phenoxy) is 1. The van der Waals surface area contributed by atoms with Crippen molar-refractivity contribution in [2.75, 3.05) is 12.4 Å². The summed E-state index contributed by atoms with van der Waals surface area (Å²) in [5.41, 5.74) is 4.18. The van der Waals surface area contributed by atoms with Gasteiger partial charge in [0.2, 0.25) is 0 Å². The predicted octanol–water partition coefficient (Wildman–Crippen LogP) is 6.84. The van der Waals surface area contributed by atoms with Crippen LogP contribution in [-0.2, 0) is 19.4 Å². The van der Waals surface area contributed by atoms with Crippen LogP contribution in [0.1, 0.15) is 46.1 Å². The van der Waals surface area contributed by atoms with E-state index in [0.717, 1.165) is 48.0 Å². The van der Waals surface area contributed by atoms with Gasteiger partial charge in [-0.05, 0) is 73.2 Å². The van der Waals surface area contributed by atoms with Gasteiger partial charge in [0.05, 0.1) is 19.3 Å². The summed E-state index contributed by atoms with van der Waals surface area (Å²) in [7, 11) is 1.57. The Bertz CT molecular complexity index is 1440. The molecule has 3 heterocycles. The highest BCUT2D eigenvalue weighted by Gasteiger charge is 2.36. The Balaban J connectivity index is 1.50. The number of thiophene rings is 1. The highest BCUT2D eigenvalue weighted by Crippen LogP contribution is 2.44. The van der Waals surface area contributed by atoms with Crippen LogP contribution in [0.5, 0.6) is 5.75 Å². The number of carbonyl (C=O) groups excluding carboxylic acids is 1. The van der Waals surface area contributed by atoms with E-state index in [2.05, 4.69) is 9.88 Å². The van der Waals surface area contributed by atoms with Crippen LogP contribution in [0.4, 0.5) is 19.3 Å². The Kier molecular flexibility index (Phi) is 5.76. The van der Waals surface area contributed by atoms with E-state index in [1.165, 1.54) is 22.6 Å². The van der Waals surface area contributed by atoms with Gasteiger partial charge in [-0.1, -0.05) is 6.07 Å². The van der Waals surface area contributed by atoms with Crippen molar-refractivity contribution < 1.29 is 18.3 Å². The van der Waals surface area contributed by atoms with Gasteiger partial charge in [0.1, 0.15) is 28.4 Å². The SMILES string of the molecule is COc1cccc(NC(=O)N2Cc3c(sc4c3CCCC4)-n3cccc3C2c2cc(F)cc(F)c2)c1. The third kappa shape index (κ3) is 3.95. The van der Waals surface area contributed by atoms with Crippen LogP contribution in [0.2, 0.25) is 0 Å². The van der Waals surface area contributed by atoms with Gasteiger partial charge < -0.3 is 19.5 Å². The van der Waals surface area contributed by atoms with Gasteiger partial charge in [0.15, 0.2) is 0 Å². The van der Waals surface area contributed by atoms with Gasteiger partial charge in [0, 0.05) is 34.5 Å². The number of amides is 2. The van der Waals surface area contributed by atoms with E-state index in [9.17, 15) is 13.6 Å². The smallest absolute Gasteiger partial charge is 0.322 e. The lowest BCUT2D eigenvalue weighted by atomic mass is 9.95. The zero-order valence-corrected chi connectivity index (χ0v) is 20.6. The first-order valence-electron chi connectivity index (χ1n) is 12.0. The number of rotatable bonds is 3. The van der Waals surface area contributed by atoms with Crippen molar-refractivity contribution in [3.63, 3.8) is 0 Å². The van der Waals surface area contributed by atoms with Crippen LogP contribution >= 0.6 is 11.3 Å². The summed E-state index contributed by atoms with van der Waals surface area (Å²) in [5.74, 6) is -0.726. The van der Waals surface area contributed by atoms with E-state index in [4.69, 9.17) is 4.74 Å². The van der Waals surface area contributed by atoms with Crippen LogP contribution in [0, 0.1) is 11.6 Å². The van der Waals surface area contributed by atoms with Crippen LogP contribution in [0.15, 0.2) is 60.8 Å². The molecule has 0 spiro atoms. The maximum Gasteiger partial charge on any atom is 0.322 e. The molecular formula is C28H25F2N3O2S. The highest BCUT2D eigenvalue weighted by atomic mass is 32.1. The molecule has 1 atom stereocenters. The zero-order valence-electron chi connectivity index (χ0n) is 19.8. The van der Waals surface area contributed by atoms with Gasteiger partial charge in [-0.15, -0.1) is 11.3 Å². The monoisotopic (exact) mass is 505 g/mol. The molecule has 4 aromatic rings. The summed E-state index contributed by atoms with van der Waals surface area (Å²) in [6.07, 6.45) is 6.27. The number of halogens is 2. The van der Waals surface area contributed by atoms with Crippen molar-refractivity contribution in [3.05, 3.63) is 99.7 Å². The lowest BCUT2D eigenvalue weighted by Gasteiger charge is -2.31. The quantitative estimate of drug-likeness (QED) is 0.331. The second kappa shape index (κ2) is 9.09. The second-order valence-corrected chi connectivity index (χ2v) is 10.3. The lowest BCUT2D eigenvalue weighted by Crippen LogP contribution is -2.38. The molecule has 0 bridgehead atoms. The molecule has 6 rings (SSSR count). The van der Waals surface area contributed by atoms with Crippen molar-refractivity contribution in [1.82, 2.24) is 9.47 Å². The normalized spacial score (nSPS) is 16.5. The molecule has 0 radical (unpaired) electrons. The fourth-order valence-electron chi connectivity index (χ4n) is 5.37. The van der Waals surface area contributed by atoms with Crippen molar-refractivity contribution >= 4 is 23.1 Å². The molecule has 1 N–H and O–H groups in total. The van der Waals surface area contributed by atoms with Crippen molar-refractivity contribution in [1.29, 1.82) is 0 Å². The Hall–Kier alpha value is -3.65. The van der Waals surface area contributed by atoms with E-state index in [-0.39, 0.29) is 6.03 Å². The summed E-state index contributed by atoms with van der Waals surface area (Å²) in [5, 5.41) is 4.07. The fourth-order valence-corrected chi connectivity index (χ4v) is 6.77. The van der Waals surface area contributed by atoms with Crippen LogP contribution in [0.25, 0.3) is 5.00 Å². The number of hydrogen-bond acceptors (Lipinski definition) is 3. The molecule has 1 aliphatic carbocycles. The number of aryl methyl sites for hydroxylation is 1. The average Bonchev–Trinajstić information content (AvgIpc) is 3.45. The standard InChI is InChI=1S/C28H25F2N3O2S/c1-35-21-7-4-6-20(15-21)31-28(34)33-16-23-22-8-2-3-10-25(22)36-27(23)32-11-5-9-24(32)26(33)17-12-18(29)14-19(30)13-17/h4-7,9,11-15,26H,2-3,8,10,16H2,1H3,(H,31,34). The number of benzene rings is 2. The Morgan fingerprint density at radius 2 is 1.83 bits per heavy atom. The summed E-state index contributed by atoms with van der Waals surface area (Å²) in [6.45, 7) is 0.335. The average molecular weight is 506 g/mol. The molecule has 2 amide bonds. The highest BCUT2D eigenvalue weighted by molar-refractivity contribution is 7.15. The first-order valence-corrected chi connectivity index (χ1v) is 12.8. The Labute approximate surface area is 211 Å².